The molecule has 0 saturated carbocycles. The number of fused-ring (bicyclic) bond motifs is 1. The van der Waals surface area contributed by atoms with E-state index in [0.29, 0.717) is 5.39 Å². The first-order chi connectivity index (χ1) is 8.85. The molecule has 0 amide bonds. The van der Waals surface area contributed by atoms with Gasteiger partial charge in [-0.15, -0.1) is 0 Å². The van der Waals surface area contributed by atoms with Crippen molar-refractivity contribution < 1.29 is 18.5 Å². The molecule has 0 aliphatic rings. The van der Waals surface area contributed by atoms with Crippen LogP contribution in [-0.4, -0.2) is 39.0 Å². The molecule has 0 fully saturated rings. The maximum absolute atomic E-state index is 11.9. The first-order valence-corrected chi connectivity index (χ1v) is 7.19. The SMILES string of the molecule is CN(C)c1cccc2c(S(=O)(=O)B(O)O)cccc12. The Labute approximate surface area is 112 Å². The highest BCUT2D eigenvalue weighted by Gasteiger charge is 2.32. The molecule has 0 aliphatic carbocycles. The van der Waals surface area contributed by atoms with Gasteiger partial charge in [-0.2, -0.15) is 0 Å². The summed E-state index contributed by atoms with van der Waals surface area (Å²) in [6, 6.07) is 10.0. The molecule has 0 heterocycles. The van der Waals surface area contributed by atoms with Gasteiger partial charge >= 0.3 is 6.40 Å². The van der Waals surface area contributed by atoms with Gasteiger partial charge in [-0.3, -0.25) is 0 Å². The second kappa shape index (κ2) is 4.84. The van der Waals surface area contributed by atoms with E-state index in [4.69, 9.17) is 10.0 Å². The van der Waals surface area contributed by atoms with Crippen LogP contribution in [0.3, 0.4) is 0 Å². The zero-order valence-electron chi connectivity index (χ0n) is 10.6. The van der Waals surface area contributed by atoms with Gasteiger partial charge in [0, 0.05) is 30.6 Å². The molecular weight excluding hydrogens is 265 g/mol. The average molecular weight is 279 g/mol. The molecule has 0 aliphatic heterocycles. The highest BCUT2D eigenvalue weighted by atomic mass is 32.2. The Morgan fingerprint density at radius 1 is 1.00 bits per heavy atom. The van der Waals surface area contributed by atoms with Gasteiger partial charge in [-0.05, 0) is 12.1 Å². The van der Waals surface area contributed by atoms with E-state index in [2.05, 4.69) is 0 Å². The quantitative estimate of drug-likeness (QED) is 0.806. The Morgan fingerprint density at radius 3 is 2.16 bits per heavy atom. The first-order valence-electron chi connectivity index (χ1n) is 5.65. The summed E-state index contributed by atoms with van der Waals surface area (Å²) < 4.78 is 23.8. The van der Waals surface area contributed by atoms with Crippen molar-refractivity contribution >= 4 is 32.5 Å². The molecule has 2 rings (SSSR count). The lowest BCUT2D eigenvalue weighted by Crippen LogP contribution is -2.26. The third-order valence-electron chi connectivity index (χ3n) is 2.92. The van der Waals surface area contributed by atoms with Gasteiger partial charge in [0.1, 0.15) is 0 Å². The van der Waals surface area contributed by atoms with Crippen molar-refractivity contribution in [3.63, 3.8) is 0 Å². The largest absolute Gasteiger partial charge is 0.599 e. The number of hydrogen-bond donors (Lipinski definition) is 2. The molecule has 0 bridgehead atoms. The second-order valence-electron chi connectivity index (χ2n) is 4.39. The molecule has 0 spiro atoms. The topological polar surface area (TPSA) is 77.8 Å². The number of rotatable bonds is 3. The summed E-state index contributed by atoms with van der Waals surface area (Å²) in [5, 5.41) is 19.3. The molecule has 0 atom stereocenters. The van der Waals surface area contributed by atoms with Crippen molar-refractivity contribution in [1.82, 2.24) is 0 Å². The van der Waals surface area contributed by atoms with Crippen LogP contribution in [0.15, 0.2) is 41.3 Å². The summed E-state index contributed by atoms with van der Waals surface area (Å²) in [4.78, 5) is 1.79. The third kappa shape index (κ3) is 2.32. The van der Waals surface area contributed by atoms with Gasteiger partial charge in [-0.1, -0.05) is 24.3 Å². The lowest BCUT2D eigenvalue weighted by molar-refractivity contribution is 0.428. The smallest absolute Gasteiger partial charge is 0.414 e. The number of benzene rings is 2. The zero-order chi connectivity index (χ0) is 14.2. The molecule has 2 aromatic carbocycles. The number of anilines is 1. The van der Waals surface area contributed by atoms with E-state index in [1.54, 1.807) is 24.3 Å². The van der Waals surface area contributed by atoms with Gasteiger partial charge in [-0.25, -0.2) is 8.42 Å². The molecule has 2 aromatic rings. The molecule has 0 unspecified atom stereocenters. The molecule has 0 radical (unpaired) electrons. The van der Waals surface area contributed by atoms with Crippen LogP contribution in [0.2, 0.25) is 0 Å². The summed E-state index contributed by atoms with van der Waals surface area (Å²) in [5.41, 5.74) is 0.863. The standard InChI is InChI=1S/C12H14BNO4S/c1-14(2)11-7-3-6-10-9(11)5-4-8-12(10)19(17,18)13(15)16/h3-8,15-16H,1-2H3. The fourth-order valence-corrected chi connectivity index (χ4v) is 3.00. The monoisotopic (exact) mass is 279 g/mol. The van der Waals surface area contributed by atoms with Crippen LogP contribution >= 0.6 is 0 Å². The Kier molecular flexibility index (Phi) is 3.53. The zero-order valence-corrected chi connectivity index (χ0v) is 11.4. The van der Waals surface area contributed by atoms with Gasteiger partial charge < -0.3 is 14.9 Å². The molecule has 100 valence electrons. The van der Waals surface area contributed by atoms with Crippen molar-refractivity contribution in [2.45, 2.75) is 4.90 Å². The minimum atomic E-state index is -4.15. The van der Waals surface area contributed by atoms with Gasteiger partial charge in [0.2, 0.25) is 9.69 Å². The van der Waals surface area contributed by atoms with E-state index in [1.165, 1.54) is 6.07 Å². The van der Waals surface area contributed by atoms with Gasteiger partial charge in [0.05, 0.1) is 4.90 Å². The lowest BCUT2D eigenvalue weighted by Gasteiger charge is -2.16. The van der Waals surface area contributed by atoms with Crippen LogP contribution in [0, 0.1) is 0 Å². The van der Waals surface area contributed by atoms with E-state index in [1.807, 2.05) is 25.1 Å². The number of hydrogen-bond acceptors (Lipinski definition) is 5. The predicted molar refractivity (Wildman–Crippen MR) is 75.7 cm³/mol. The maximum atomic E-state index is 11.9. The average Bonchev–Trinajstić information content (AvgIpc) is 2.36. The van der Waals surface area contributed by atoms with E-state index < -0.39 is 16.1 Å². The van der Waals surface area contributed by atoms with Crippen molar-refractivity contribution in [3.8, 4) is 0 Å². The summed E-state index contributed by atoms with van der Waals surface area (Å²) in [7, 11) is -0.437. The third-order valence-corrected chi connectivity index (χ3v) is 4.45. The Morgan fingerprint density at radius 2 is 1.58 bits per heavy atom. The van der Waals surface area contributed by atoms with E-state index in [9.17, 15) is 8.42 Å². The van der Waals surface area contributed by atoms with Crippen molar-refractivity contribution in [3.05, 3.63) is 36.4 Å². The maximum Gasteiger partial charge on any atom is 0.599 e. The first kappa shape index (κ1) is 13.9. The van der Waals surface area contributed by atoms with Crippen LogP contribution in [-0.2, 0) is 9.69 Å². The summed E-state index contributed by atoms with van der Waals surface area (Å²) in [5.74, 6) is 0. The minimum Gasteiger partial charge on any atom is -0.414 e. The molecular formula is C12H14BNO4S. The van der Waals surface area contributed by atoms with Gasteiger partial charge in [0.25, 0.3) is 0 Å². The van der Waals surface area contributed by atoms with E-state index in [0.717, 1.165) is 11.1 Å². The summed E-state index contributed by atoms with van der Waals surface area (Å²) in [6.07, 6.45) is -2.42. The molecule has 19 heavy (non-hydrogen) atoms. The Bertz CT molecular complexity index is 713. The Balaban J connectivity index is 2.83. The van der Waals surface area contributed by atoms with Crippen LogP contribution in [0.4, 0.5) is 5.69 Å². The summed E-state index contributed by atoms with van der Waals surface area (Å²) >= 11 is 0. The van der Waals surface area contributed by atoms with Crippen LogP contribution in [0.5, 0.6) is 0 Å². The molecule has 2 N–H and O–H groups in total. The van der Waals surface area contributed by atoms with Crippen molar-refractivity contribution in [2.24, 2.45) is 0 Å². The van der Waals surface area contributed by atoms with Crippen LogP contribution in [0.1, 0.15) is 0 Å². The Hall–Kier alpha value is -1.57. The van der Waals surface area contributed by atoms with Gasteiger partial charge in [0.15, 0.2) is 0 Å². The molecule has 0 saturated heterocycles. The van der Waals surface area contributed by atoms with E-state index in [-0.39, 0.29) is 4.90 Å². The second-order valence-corrected chi connectivity index (χ2v) is 6.35. The van der Waals surface area contributed by atoms with Crippen LogP contribution in [0.25, 0.3) is 10.8 Å². The fourth-order valence-electron chi connectivity index (χ4n) is 2.02. The van der Waals surface area contributed by atoms with Crippen molar-refractivity contribution in [1.29, 1.82) is 0 Å². The molecule has 0 aromatic heterocycles. The minimum absolute atomic E-state index is 0.0799. The highest BCUT2D eigenvalue weighted by molar-refractivity contribution is 8.16. The van der Waals surface area contributed by atoms with E-state index >= 15 is 0 Å². The molecule has 7 heteroatoms. The lowest BCUT2D eigenvalue weighted by atomic mass is 10.1. The normalized spacial score (nSPS) is 11.6. The predicted octanol–water partition coefficient (Wildman–Crippen LogP) is 0.649. The molecule has 5 nitrogen and oxygen atoms in total. The van der Waals surface area contributed by atoms with Crippen LogP contribution < -0.4 is 4.90 Å². The fraction of sp³-hybridized carbons (Fsp3) is 0.167. The summed E-state index contributed by atoms with van der Waals surface area (Å²) in [6.45, 7) is 0. The highest BCUT2D eigenvalue weighted by Crippen LogP contribution is 2.30. The van der Waals surface area contributed by atoms with Crippen molar-refractivity contribution in [2.75, 3.05) is 19.0 Å². The number of nitrogens with zero attached hydrogens (tertiary/aromatic N) is 1.